The van der Waals surface area contributed by atoms with Crippen LogP contribution in [0.25, 0.3) is 10.9 Å². The van der Waals surface area contributed by atoms with Gasteiger partial charge in [0, 0.05) is 18.3 Å². The minimum Gasteiger partial charge on any atom is -0.347 e. The van der Waals surface area contributed by atoms with Crippen molar-refractivity contribution in [3.8, 4) is 0 Å². The van der Waals surface area contributed by atoms with E-state index in [1.807, 2.05) is 0 Å². The van der Waals surface area contributed by atoms with Gasteiger partial charge in [-0.2, -0.15) is 0 Å². The van der Waals surface area contributed by atoms with Gasteiger partial charge in [-0.05, 0) is 43.9 Å². The van der Waals surface area contributed by atoms with E-state index >= 15 is 0 Å². The first-order chi connectivity index (χ1) is 7.16. The number of aryl methyl sites for hydroxylation is 2. The van der Waals surface area contributed by atoms with Crippen molar-refractivity contribution in [1.82, 2.24) is 4.57 Å². The van der Waals surface area contributed by atoms with Gasteiger partial charge in [0.05, 0.1) is 0 Å². The maximum Gasteiger partial charge on any atom is 0.0480 e. The maximum atomic E-state index is 3.94. The minimum absolute atomic E-state index is 1.03. The van der Waals surface area contributed by atoms with E-state index in [2.05, 4.69) is 55.5 Å². The number of hydrogen-bond donors (Lipinski definition) is 0. The van der Waals surface area contributed by atoms with Gasteiger partial charge in [-0.15, -0.1) is 6.58 Å². The van der Waals surface area contributed by atoms with Crippen LogP contribution in [0.5, 0.6) is 0 Å². The number of hydrogen-bond acceptors (Lipinski definition) is 0. The van der Waals surface area contributed by atoms with Crippen molar-refractivity contribution in [2.45, 2.75) is 26.8 Å². The lowest BCUT2D eigenvalue weighted by molar-refractivity contribution is 0.719. The number of fused-ring (bicyclic) bond motifs is 1. The molecule has 1 aromatic carbocycles. The van der Waals surface area contributed by atoms with Crippen molar-refractivity contribution in [2.24, 2.45) is 0 Å². The highest BCUT2D eigenvalue weighted by molar-refractivity contribution is 5.80. The molecule has 0 aliphatic rings. The summed E-state index contributed by atoms with van der Waals surface area (Å²) < 4.78 is 2.30. The minimum atomic E-state index is 1.03. The van der Waals surface area contributed by atoms with Crippen molar-refractivity contribution in [3.05, 3.63) is 48.2 Å². The quantitative estimate of drug-likeness (QED) is 0.660. The Morgan fingerprint density at radius 3 is 2.87 bits per heavy atom. The lowest BCUT2D eigenvalue weighted by Gasteiger charge is -2.05. The number of rotatable bonds is 3. The molecule has 15 heavy (non-hydrogen) atoms. The summed E-state index contributed by atoms with van der Waals surface area (Å²) in [6.07, 6.45) is 3.21. The summed E-state index contributed by atoms with van der Waals surface area (Å²) in [5, 5.41) is 1.33. The zero-order chi connectivity index (χ0) is 10.8. The first-order valence-electron chi connectivity index (χ1n) is 5.37. The molecule has 1 aromatic heterocycles. The van der Waals surface area contributed by atoms with Crippen LogP contribution in [-0.2, 0) is 6.54 Å². The first kappa shape index (κ1) is 10.0. The van der Waals surface area contributed by atoms with Gasteiger partial charge < -0.3 is 4.57 Å². The molecule has 0 radical (unpaired) electrons. The first-order valence-corrected chi connectivity index (χ1v) is 5.37. The van der Waals surface area contributed by atoms with Crippen LogP contribution in [0.4, 0.5) is 0 Å². The highest BCUT2D eigenvalue weighted by Crippen LogP contribution is 2.18. The monoisotopic (exact) mass is 199 g/mol. The number of allylic oxidation sites excluding steroid dienone is 1. The van der Waals surface area contributed by atoms with Crippen molar-refractivity contribution >= 4 is 10.9 Å². The smallest absolute Gasteiger partial charge is 0.0480 e. The Morgan fingerprint density at radius 1 is 1.33 bits per heavy atom. The molecule has 1 heteroatoms. The molecular weight excluding hydrogens is 182 g/mol. The second kappa shape index (κ2) is 3.93. The molecule has 0 fully saturated rings. The second-order valence-corrected chi connectivity index (χ2v) is 4.28. The van der Waals surface area contributed by atoms with E-state index < -0.39 is 0 Å². The summed E-state index contributed by atoms with van der Waals surface area (Å²) >= 11 is 0. The third kappa shape index (κ3) is 2.12. The molecule has 0 unspecified atom stereocenters. The van der Waals surface area contributed by atoms with Gasteiger partial charge in [0.15, 0.2) is 0 Å². The average Bonchev–Trinajstić information content (AvgIpc) is 2.57. The highest BCUT2D eigenvalue weighted by atomic mass is 14.9. The zero-order valence-corrected chi connectivity index (χ0v) is 9.46. The molecule has 0 aliphatic carbocycles. The van der Waals surface area contributed by atoms with E-state index in [9.17, 15) is 0 Å². The van der Waals surface area contributed by atoms with Crippen LogP contribution in [0.1, 0.15) is 18.9 Å². The lowest BCUT2D eigenvalue weighted by atomic mass is 10.2. The van der Waals surface area contributed by atoms with Gasteiger partial charge in [-0.3, -0.25) is 0 Å². The van der Waals surface area contributed by atoms with Gasteiger partial charge in [-0.25, -0.2) is 0 Å². The largest absolute Gasteiger partial charge is 0.347 e. The Bertz CT molecular complexity index is 491. The van der Waals surface area contributed by atoms with Crippen LogP contribution in [0.3, 0.4) is 0 Å². The molecule has 78 valence electrons. The zero-order valence-electron chi connectivity index (χ0n) is 9.46. The van der Waals surface area contributed by atoms with Crippen LogP contribution >= 0.6 is 0 Å². The van der Waals surface area contributed by atoms with E-state index in [1.54, 1.807) is 0 Å². The molecule has 0 N–H and O–H groups in total. The summed E-state index contributed by atoms with van der Waals surface area (Å²) in [5.41, 5.74) is 3.88. The lowest BCUT2D eigenvalue weighted by Crippen LogP contribution is -1.95. The summed E-state index contributed by atoms with van der Waals surface area (Å²) in [4.78, 5) is 0. The Kier molecular flexibility index (Phi) is 2.63. The van der Waals surface area contributed by atoms with Crippen molar-refractivity contribution in [3.63, 3.8) is 0 Å². The fourth-order valence-electron chi connectivity index (χ4n) is 1.83. The van der Waals surface area contributed by atoms with Gasteiger partial charge in [-0.1, -0.05) is 17.2 Å². The van der Waals surface area contributed by atoms with E-state index in [4.69, 9.17) is 0 Å². The molecular formula is C14H17N. The molecule has 2 aromatic rings. The molecule has 2 rings (SSSR count). The SMILES string of the molecule is C=C(C)CCn1ccc2cc(C)ccc21. The van der Waals surface area contributed by atoms with E-state index in [-0.39, 0.29) is 0 Å². The predicted octanol–water partition coefficient (Wildman–Crippen LogP) is 3.92. The summed E-state index contributed by atoms with van der Waals surface area (Å²) in [7, 11) is 0. The van der Waals surface area contributed by atoms with Gasteiger partial charge in [0.25, 0.3) is 0 Å². The molecule has 0 bridgehead atoms. The molecule has 0 aliphatic heterocycles. The van der Waals surface area contributed by atoms with E-state index in [0.29, 0.717) is 0 Å². The predicted molar refractivity (Wildman–Crippen MR) is 66.1 cm³/mol. The van der Waals surface area contributed by atoms with E-state index in [0.717, 1.165) is 13.0 Å². The number of benzene rings is 1. The Morgan fingerprint density at radius 2 is 2.13 bits per heavy atom. The van der Waals surface area contributed by atoms with E-state index in [1.165, 1.54) is 22.0 Å². The molecule has 0 saturated heterocycles. The average molecular weight is 199 g/mol. The summed E-state index contributed by atoms with van der Waals surface area (Å²) in [6.45, 7) is 9.17. The molecule has 0 atom stereocenters. The fraction of sp³-hybridized carbons (Fsp3) is 0.286. The maximum absolute atomic E-state index is 3.94. The third-order valence-electron chi connectivity index (χ3n) is 2.71. The summed E-state index contributed by atoms with van der Waals surface area (Å²) in [6, 6.07) is 8.77. The third-order valence-corrected chi connectivity index (χ3v) is 2.71. The van der Waals surface area contributed by atoms with Crippen molar-refractivity contribution in [1.29, 1.82) is 0 Å². The Labute approximate surface area is 91.0 Å². The van der Waals surface area contributed by atoms with Gasteiger partial charge in [0.1, 0.15) is 0 Å². The van der Waals surface area contributed by atoms with Crippen LogP contribution in [0.2, 0.25) is 0 Å². The Hall–Kier alpha value is -1.50. The van der Waals surface area contributed by atoms with Gasteiger partial charge >= 0.3 is 0 Å². The van der Waals surface area contributed by atoms with Crippen molar-refractivity contribution < 1.29 is 0 Å². The summed E-state index contributed by atoms with van der Waals surface area (Å²) in [5.74, 6) is 0. The molecule has 0 spiro atoms. The molecule has 1 nitrogen and oxygen atoms in total. The fourth-order valence-corrected chi connectivity index (χ4v) is 1.83. The van der Waals surface area contributed by atoms with Crippen LogP contribution in [0.15, 0.2) is 42.6 Å². The highest BCUT2D eigenvalue weighted by Gasteiger charge is 2.00. The Balaban J connectivity index is 2.32. The molecule has 1 heterocycles. The van der Waals surface area contributed by atoms with Crippen molar-refractivity contribution in [2.75, 3.05) is 0 Å². The topological polar surface area (TPSA) is 4.93 Å². The standard InChI is InChI=1S/C14H17N/c1-11(2)6-8-15-9-7-13-10-12(3)4-5-14(13)15/h4-5,7,9-10H,1,6,8H2,2-3H3. The molecule has 0 amide bonds. The van der Waals surface area contributed by atoms with Crippen LogP contribution < -0.4 is 0 Å². The second-order valence-electron chi connectivity index (χ2n) is 4.28. The van der Waals surface area contributed by atoms with Gasteiger partial charge in [0.2, 0.25) is 0 Å². The normalized spacial score (nSPS) is 10.8. The molecule has 0 saturated carbocycles. The van der Waals surface area contributed by atoms with Crippen LogP contribution in [-0.4, -0.2) is 4.57 Å². The number of aromatic nitrogens is 1. The van der Waals surface area contributed by atoms with Crippen LogP contribution in [0, 0.1) is 6.92 Å². The number of nitrogens with zero attached hydrogens (tertiary/aromatic N) is 1.